The van der Waals surface area contributed by atoms with Gasteiger partial charge in [0, 0.05) is 0 Å². The summed E-state index contributed by atoms with van der Waals surface area (Å²) in [4.78, 5) is 0. The average molecular weight is 225 g/mol. The minimum Gasteiger partial charge on any atom is -0.382 e. The Morgan fingerprint density at radius 3 is 2.64 bits per heavy atom. The second-order valence-electron chi connectivity index (χ2n) is 2.49. The first-order chi connectivity index (χ1) is 6.74. The number of anilines is 1. The van der Waals surface area contributed by atoms with Gasteiger partial charge in [0.2, 0.25) is 0 Å². The molecule has 72 valence electrons. The van der Waals surface area contributed by atoms with Gasteiger partial charge in [0.25, 0.3) is 0 Å². The highest BCUT2D eigenvalue weighted by Gasteiger charge is 2.04. The molecule has 7 heteroatoms. The molecule has 0 atom stereocenters. The largest absolute Gasteiger partial charge is 0.382 e. The molecular weight excluding hydrogens is 218 g/mol. The Hall–Kier alpha value is -1.21. The van der Waals surface area contributed by atoms with Gasteiger partial charge in [-0.25, -0.2) is 0 Å². The van der Waals surface area contributed by atoms with Crippen molar-refractivity contribution in [2.45, 2.75) is 16.3 Å². The second kappa shape index (κ2) is 3.89. The minimum atomic E-state index is 0.419. The van der Waals surface area contributed by atoms with Crippen molar-refractivity contribution < 1.29 is 0 Å². The summed E-state index contributed by atoms with van der Waals surface area (Å²) in [5.74, 6) is 0.419. The molecule has 0 bridgehead atoms. The summed E-state index contributed by atoms with van der Waals surface area (Å²) in [7, 11) is 0. The van der Waals surface area contributed by atoms with E-state index in [9.17, 15) is 0 Å². The van der Waals surface area contributed by atoms with Crippen LogP contribution < -0.4 is 5.73 Å². The van der Waals surface area contributed by atoms with Gasteiger partial charge in [-0.1, -0.05) is 11.3 Å². The normalized spacial score (nSPS) is 10.4. The molecule has 2 aromatic heterocycles. The van der Waals surface area contributed by atoms with E-state index >= 15 is 0 Å². The quantitative estimate of drug-likeness (QED) is 0.831. The Balaban J connectivity index is 2.15. The molecule has 0 spiro atoms. The monoisotopic (exact) mass is 225 g/mol. The maximum absolute atomic E-state index is 5.42. The molecule has 2 aromatic rings. The van der Waals surface area contributed by atoms with Crippen LogP contribution in [-0.2, 0) is 0 Å². The lowest BCUT2D eigenvalue weighted by molar-refractivity contribution is 0.931. The van der Waals surface area contributed by atoms with Gasteiger partial charge in [-0.3, -0.25) is 0 Å². The Morgan fingerprint density at radius 2 is 2.07 bits per heavy atom. The van der Waals surface area contributed by atoms with Crippen LogP contribution in [0.2, 0.25) is 0 Å². The lowest BCUT2D eigenvalue weighted by atomic mass is 10.5. The number of hydrogen-bond acceptors (Lipinski definition) is 7. The van der Waals surface area contributed by atoms with Crippen LogP contribution in [0.3, 0.4) is 0 Å². The molecular formula is C7H7N5S2. The van der Waals surface area contributed by atoms with Gasteiger partial charge in [-0.05, 0) is 30.8 Å². The first kappa shape index (κ1) is 9.35. The summed E-state index contributed by atoms with van der Waals surface area (Å²) < 4.78 is 0.863. The van der Waals surface area contributed by atoms with Gasteiger partial charge in [0.15, 0.2) is 4.34 Å². The van der Waals surface area contributed by atoms with E-state index in [1.807, 2.05) is 13.0 Å². The summed E-state index contributed by atoms with van der Waals surface area (Å²) in [5.41, 5.74) is 5.42. The van der Waals surface area contributed by atoms with Crippen molar-refractivity contribution in [2.75, 3.05) is 5.73 Å². The van der Waals surface area contributed by atoms with Gasteiger partial charge >= 0.3 is 0 Å². The maximum Gasteiger partial charge on any atom is 0.180 e. The molecule has 2 rings (SSSR count). The van der Waals surface area contributed by atoms with Crippen LogP contribution >= 0.6 is 23.1 Å². The summed E-state index contributed by atoms with van der Waals surface area (Å²) in [6.45, 7) is 1.91. The van der Waals surface area contributed by atoms with E-state index in [4.69, 9.17) is 5.73 Å². The summed E-state index contributed by atoms with van der Waals surface area (Å²) in [6.07, 6.45) is 0. The predicted molar refractivity (Wildman–Crippen MR) is 55.2 cm³/mol. The van der Waals surface area contributed by atoms with Crippen LogP contribution in [0, 0.1) is 6.92 Å². The standard InChI is InChI=1S/C7H7N5S2/c1-4-9-12-7(13-4)14-6-3-2-5(8)10-11-6/h2-3H,1H3,(H2,8,10). The highest BCUT2D eigenvalue weighted by atomic mass is 32.2. The van der Waals surface area contributed by atoms with Gasteiger partial charge in [0.05, 0.1) is 0 Å². The van der Waals surface area contributed by atoms with E-state index in [2.05, 4.69) is 20.4 Å². The number of nitrogen functional groups attached to an aromatic ring is 1. The third-order valence-corrected chi connectivity index (χ3v) is 3.18. The Labute approximate surface area is 88.8 Å². The molecule has 0 amide bonds. The van der Waals surface area contributed by atoms with E-state index in [0.717, 1.165) is 14.4 Å². The zero-order valence-corrected chi connectivity index (χ0v) is 8.97. The van der Waals surface area contributed by atoms with Crippen molar-refractivity contribution in [3.05, 3.63) is 17.1 Å². The first-order valence-electron chi connectivity index (χ1n) is 3.81. The molecule has 5 nitrogen and oxygen atoms in total. The fourth-order valence-corrected chi connectivity index (χ4v) is 2.47. The Kier molecular flexibility index (Phi) is 2.60. The number of aryl methyl sites for hydroxylation is 1. The van der Waals surface area contributed by atoms with E-state index in [0.29, 0.717) is 5.82 Å². The molecule has 0 aliphatic rings. The molecule has 0 saturated carbocycles. The van der Waals surface area contributed by atoms with Crippen LogP contribution in [-0.4, -0.2) is 20.4 Å². The van der Waals surface area contributed by atoms with Gasteiger partial charge in [-0.15, -0.1) is 20.4 Å². The zero-order valence-electron chi connectivity index (χ0n) is 7.34. The third kappa shape index (κ3) is 2.18. The van der Waals surface area contributed by atoms with Crippen molar-refractivity contribution in [3.8, 4) is 0 Å². The second-order valence-corrected chi connectivity index (χ2v) is 4.93. The number of aromatic nitrogens is 4. The van der Waals surface area contributed by atoms with Crippen LogP contribution in [0.4, 0.5) is 5.82 Å². The van der Waals surface area contributed by atoms with Crippen LogP contribution in [0.15, 0.2) is 21.5 Å². The molecule has 2 N–H and O–H groups in total. The summed E-state index contributed by atoms with van der Waals surface area (Å²) in [5, 5.41) is 17.2. The van der Waals surface area contributed by atoms with Crippen molar-refractivity contribution in [2.24, 2.45) is 0 Å². The highest BCUT2D eigenvalue weighted by Crippen LogP contribution is 2.27. The lowest BCUT2D eigenvalue weighted by Gasteiger charge is -1.94. The van der Waals surface area contributed by atoms with Crippen molar-refractivity contribution in [1.82, 2.24) is 20.4 Å². The van der Waals surface area contributed by atoms with E-state index in [1.165, 1.54) is 23.1 Å². The van der Waals surface area contributed by atoms with Crippen molar-refractivity contribution in [3.63, 3.8) is 0 Å². The molecule has 14 heavy (non-hydrogen) atoms. The molecule has 0 aliphatic carbocycles. The maximum atomic E-state index is 5.42. The van der Waals surface area contributed by atoms with Crippen molar-refractivity contribution in [1.29, 1.82) is 0 Å². The zero-order chi connectivity index (χ0) is 9.97. The van der Waals surface area contributed by atoms with Gasteiger partial charge < -0.3 is 5.73 Å². The van der Waals surface area contributed by atoms with Crippen LogP contribution in [0.1, 0.15) is 5.01 Å². The predicted octanol–water partition coefficient (Wildman–Crippen LogP) is 1.37. The lowest BCUT2D eigenvalue weighted by Crippen LogP contribution is -1.92. The molecule has 0 aromatic carbocycles. The van der Waals surface area contributed by atoms with Gasteiger partial charge in [0.1, 0.15) is 15.9 Å². The number of rotatable bonds is 2. The topological polar surface area (TPSA) is 77.6 Å². The molecule has 0 saturated heterocycles. The number of hydrogen-bond donors (Lipinski definition) is 1. The molecule has 0 fully saturated rings. The van der Waals surface area contributed by atoms with Crippen LogP contribution in [0.25, 0.3) is 0 Å². The fraction of sp³-hybridized carbons (Fsp3) is 0.143. The van der Waals surface area contributed by atoms with Crippen LogP contribution in [0.5, 0.6) is 0 Å². The van der Waals surface area contributed by atoms with Gasteiger partial charge in [-0.2, -0.15) is 0 Å². The fourth-order valence-electron chi connectivity index (χ4n) is 0.794. The van der Waals surface area contributed by atoms with E-state index in [-0.39, 0.29) is 0 Å². The molecule has 2 heterocycles. The first-order valence-corrected chi connectivity index (χ1v) is 5.44. The third-order valence-electron chi connectivity index (χ3n) is 1.36. The number of nitrogens with two attached hydrogens (primary N) is 1. The minimum absolute atomic E-state index is 0.419. The average Bonchev–Trinajstić information content (AvgIpc) is 2.56. The smallest absolute Gasteiger partial charge is 0.180 e. The summed E-state index contributed by atoms with van der Waals surface area (Å²) >= 11 is 2.96. The molecule has 0 radical (unpaired) electrons. The Morgan fingerprint density at radius 1 is 1.21 bits per heavy atom. The molecule has 0 unspecified atom stereocenters. The Bertz CT molecular complexity index is 424. The molecule has 0 aliphatic heterocycles. The van der Waals surface area contributed by atoms with Crippen molar-refractivity contribution >= 4 is 28.9 Å². The van der Waals surface area contributed by atoms with E-state index in [1.54, 1.807) is 6.07 Å². The summed E-state index contributed by atoms with van der Waals surface area (Å²) in [6, 6.07) is 3.52. The highest BCUT2D eigenvalue weighted by molar-refractivity contribution is 8.01. The SMILES string of the molecule is Cc1nnc(Sc2ccc(N)nn2)s1. The van der Waals surface area contributed by atoms with E-state index < -0.39 is 0 Å². The number of nitrogens with zero attached hydrogens (tertiary/aromatic N) is 4.